The Hall–Kier alpha value is -2.50. The zero-order chi connectivity index (χ0) is 18.8. The van der Waals surface area contributed by atoms with E-state index in [0.29, 0.717) is 5.69 Å². The van der Waals surface area contributed by atoms with E-state index in [9.17, 15) is 18.0 Å². The maximum Gasteiger partial charge on any atom is 0.573 e. The Kier molecular flexibility index (Phi) is 5.11. The van der Waals surface area contributed by atoms with E-state index in [-0.39, 0.29) is 22.6 Å². The second kappa shape index (κ2) is 6.78. The molecule has 0 saturated heterocycles. The highest BCUT2D eigenvalue weighted by Gasteiger charge is 2.31. The number of hydrogen-bond acceptors (Lipinski definition) is 2. The van der Waals surface area contributed by atoms with Crippen LogP contribution >= 0.6 is 0 Å². The second-order valence-electron chi connectivity index (χ2n) is 6.73. The lowest BCUT2D eigenvalue weighted by Gasteiger charge is -2.22. The first-order valence-corrected chi connectivity index (χ1v) is 7.72. The summed E-state index contributed by atoms with van der Waals surface area (Å²) < 4.78 is 40.3. The fourth-order valence-corrected chi connectivity index (χ4v) is 2.30. The van der Waals surface area contributed by atoms with Gasteiger partial charge in [-0.2, -0.15) is 0 Å². The summed E-state index contributed by atoms with van der Waals surface area (Å²) in [6.45, 7) is 6.30. The number of amides is 1. The van der Waals surface area contributed by atoms with Crippen LogP contribution < -0.4 is 9.64 Å². The molecule has 2 aromatic rings. The van der Waals surface area contributed by atoms with Gasteiger partial charge in [0.05, 0.1) is 0 Å². The Bertz CT molecular complexity index is 729. The third kappa shape index (κ3) is 4.98. The van der Waals surface area contributed by atoms with E-state index >= 15 is 0 Å². The summed E-state index contributed by atoms with van der Waals surface area (Å²) in [5.41, 5.74) is 2.13. The molecule has 134 valence electrons. The fourth-order valence-electron chi connectivity index (χ4n) is 2.30. The minimum absolute atomic E-state index is 0.00935. The number of carbonyl (C=O) groups is 1. The van der Waals surface area contributed by atoms with Gasteiger partial charge in [-0.1, -0.05) is 32.9 Å². The van der Waals surface area contributed by atoms with Crippen LogP contribution in [0.2, 0.25) is 0 Å². The molecule has 2 rings (SSSR count). The van der Waals surface area contributed by atoms with E-state index in [1.54, 1.807) is 7.05 Å². The quantitative estimate of drug-likeness (QED) is 0.764. The predicted octanol–water partition coefficient (Wildman–Crippen LogP) is 5.16. The molecule has 0 spiro atoms. The minimum atomic E-state index is -4.75. The van der Waals surface area contributed by atoms with Crippen molar-refractivity contribution in [2.24, 2.45) is 0 Å². The van der Waals surface area contributed by atoms with Crippen molar-refractivity contribution < 1.29 is 22.7 Å². The third-order valence-electron chi connectivity index (χ3n) is 3.76. The molecule has 0 heterocycles. The van der Waals surface area contributed by atoms with Crippen LogP contribution in [0.5, 0.6) is 5.75 Å². The van der Waals surface area contributed by atoms with Crippen LogP contribution in [-0.2, 0) is 5.41 Å². The summed E-state index contributed by atoms with van der Waals surface area (Å²) in [4.78, 5) is 13.9. The highest BCUT2D eigenvalue weighted by molar-refractivity contribution is 6.05. The first kappa shape index (κ1) is 18.8. The topological polar surface area (TPSA) is 29.5 Å². The van der Waals surface area contributed by atoms with Gasteiger partial charge in [-0.25, -0.2) is 0 Å². The average molecular weight is 351 g/mol. The van der Waals surface area contributed by atoms with Gasteiger partial charge in [0.15, 0.2) is 0 Å². The summed E-state index contributed by atoms with van der Waals surface area (Å²) in [6, 6.07) is 12.5. The number of benzene rings is 2. The number of alkyl halides is 3. The molecule has 2 aromatic carbocycles. The maximum absolute atomic E-state index is 12.5. The van der Waals surface area contributed by atoms with Crippen molar-refractivity contribution in [1.82, 2.24) is 0 Å². The minimum Gasteiger partial charge on any atom is -0.406 e. The van der Waals surface area contributed by atoms with Crippen molar-refractivity contribution >= 4 is 11.6 Å². The van der Waals surface area contributed by atoms with Crippen molar-refractivity contribution in [2.45, 2.75) is 32.5 Å². The monoisotopic (exact) mass is 351 g/mol. The summed E-state index contributed by atoms with van der Waals surface area (Å²) in [5.74, 6) is -0.677. The van der Waals surface area contributed by atoms with Crippen LogP contribution in [0.25, 0.3) is 0 Å². The smallest absolute Gasteiger partial charge is 0.406 e. The van der Waals surface area contributed by atoms with E-state index in [4.69, 9.17) is 0 Å². The molecule has 0 aromatic heterocycles. The first-order chi connectivity index (χ1) is 11.5. The number of ether oxygens (including phenoxy) is 1. The molecule has 0 aliphatic heterocycles. The second-order valence-corrected chi connectivity index (χ2v) is 6.73. The molecule has 0 aliphatic rings. The van der Waals surface area contributed by atoms with Gasteiger partial charge in [-0.15, -0.1) is 13.2 Å². The third-order valence-corrected chi connectivity index (χ3v) is 3.76. The molecule has 25 heavy (non-hydrogen) atoms. The number of anilines is 1. The standard InChI is InChI=1S/C19H20F3NO2/c1-18(2,3)14-7-9-15(10-8-14)23(4)17(24)13-5-11-16(12-6-13)25-19(20,21)22/h5-12H,1-4H3. The Morgan fingerprint density at radius 3 is 1.88 bits per heavy atom. The zero-order valence-corrected chi connectivity index (χ0v) is 14.5. The molecule has 0 aliphatic carbocycles. The Labute approximate surface area is 145 Å². The van der Waals surface area contributed by atoms with Crippen LogP contribution in [0.1, 0.15) is 36.7 Å². The predicted molar refractivity (Wildman–Crippen MR) is 91.0 cm³/mol. The molecule has 0 atom stereocenters. The average Bonchev–Trinajstić information content (AvgIpc) is 2.52. The fraction of sp³-hybridized carbons (Fsp3) is 0.316. The first-order valence-electron chi connectivity index (χ1n) is 7.72. The van der Waals surface area contributed by atoms with Crippen molar-refractivity contribution in [3.05, 3.63) is 59.7 Å². The van der Waals surface area contributed by atoms with E-state index in [2.05, 4.69) is 25.5 Å². The summed E-state index contributed by atoms with van der Waals surface area (Å²) in [5, 5.41) is 0. The van der Waals surface area contributed by atoms with Crippen LogP contribution in [-0.4, -0.2) is 19.3 Å². The molecule has 0 N–H and O–H groups in total. The molecule has 0 unspecified atom stereocenters. The summed E-state index contributed by atoms with van der Waals surface area (Å²) in [7, 11) is 1.62. The lowest BCUT2D eigenvalue weighted by atomic mass is 9.87. The van der Waals surface area contributed by atoms with Gasteiger partial charge < -0.3 is 9.64 Å². The molecule has 0 fully saturated rings. The highest BCUT2D eigenvalue weighted by Crippen LogP contribution is 2.26. The van der Waals surface area contributed by atoms with Crippen molar-refractivity contribution in [3.63, 3.8) is 0 Å². The van der Waals surface area contributed by atoms with Gasteiger partial charge in [-0.05, 0) is 47.4 Å². The molecular formula is C19H20F3NO2. The Balaban J connectivity index is 2.14. The van der Waals surface area contributed by atoms with Gasteiger partial charge in [0.2, 0.25) is 0 Å². The number of carbonyl (C=O) groups excluding carboxylic acids is 1. The number of rotatable bonds is 3. The number of halogens is 3. The highest BCUT2D eigenvalue weighted by atomic mass is 19.4. The van der Waals surface area contributed by atoms with Crippen LogP contribution in [0.4, 0.5) is 18.9 Å². The molecule has 0 saturated carbocycles. The van der Waals surface area contributed by atoms with Crippen LogP contribution in [0.15, 0.2) is 48.5 Å². The number of nitrogens with zero attached hydrogens (tertiary/aromatic N) is 1. The van der Waals surface area contributed by atoms with Gasteiger partial charge in [0.1, 0.15) is 5.75 Å². The van der Waals surface area contributed by atoms with E-state index in [1.807, 2.05) is 24.3 Å². The summed E-state index contributed by atoms with van der Waals surface area (Å²) >= 11 is 0. The van der Waals surface area contributed by atoms with E-state index in [0.717, 1.165) is 17.7 Å². The van der Waals surface area contributed by atoms with Crippen molar-refractivity contribution in [2.75, 3.05) is 11.9 Å². The van der Waals surface area contributed by atoms with Crippen LogP contribution in [0.3, 0.4) is 0 Å². The van der Waals surface area contributed by atoms with Gasteiger partial charge in [-0.3, -0.25) is 4.79 Å². The zero-order valence-electron chi connectivity index (χ0n) is 14.5. The van der Waals surface area contributed by atoms with E-state index in [1.165, 1.54) is 17.0 Å². The number of hydrogen-bond donors (Lipinski definition) is 0. The van der Waals surface area contributed by atoms with Gasteiger partial charge in [0.25, 0.3) is 5.91 Å². The lowest BCUT2D eigenvalue weighted by Crippen LogP contribution is -2.26. The molecule has 0 bridgehead atoms. The summed E-state index contributed by atoms with van der Waals surface area (Å²) in [6.07, 6.45) is -4.75. The SMILES string of the molecule is CN(C(=O)c1ccc(OC(F)(F)F)cc1)c1ccc(C(C)(C)C)cc1. The maximum atomic E-state index is 12.5. The normalized spacial score (nSPS) is 12.0. The van der Waals surface area contributed by atoms with Gasteiger partial charge >= 0.3 is 6.36 Å². The Morgan fingerprint density at radius 2 is 1.44 bits per heavy atom. The molecule has 3 nitrogen and oxygen atoms in total. The van der Waals surface area contributed by atoms with Crippen LogP contribution in [0, 0.1) is 0 Å². The Morgan fingerprint density at radius 1 is 0.920 bits per heavy atom. The van der Waals surface area contributed by atoms with Crippen molar-refractivity contribution in [1.29, 1.82) is 0 Å². The molecular weight excluding hydrogens is 331 g/mol. The molecule has 1 amide bonds. The van der Waals surface area contributed by atoms with E-state index < -0.39 is 6.36 Å². The largest absolute Gasteiger partial charge is 0.573 e. The van der Waals surface area contributed by atoms with Crippen molar-refractivity contribution in [3.8, 4) is 5.75 Å². The molecule has 6 heteroatoms. The lowest BCUT2D eigenvalue weighted by molar-refractivity contribution is -0.274. The van der Waals surface area contributed by atoms with Gasteiger partial charge in [0, 0.05) is 18.3 Å². The molecule has 0 radical (unpaired) electrons.